The van der Waals surface area contributed by atoms with Crippen molar-refractivity contribution in [3.05, 3.63) is 60.2 Å². The molecule has 25 heavy (non-hydrogen) atoms. The molecule has 0 amide bonds. The second-order valence-corrected chi connectivity index (χ2v) is 6.85. The molecule has 2 aromatic heterocycles. The molecule has 6 heteroatoms. The Morgan fingerprint density at radius 3 is 2.72 bits per heavy atom. The summed E-state index contributed by atoms with van der Waals surface area (Å²) in [4.78, 5) is 9.75. The lowest BCUT2D eigenvalue weighted by Crippen LogP contribution is -2.07. The first-order valence-electron chi connectivity index (χ1n) is 8.34. The number of rotatable bonds is 7. The number of anilines is 2. The molecule has 0 aliphatic heterocycles. The van der Waals surface area contributed by atoms with Crippen LogP contribution in [0.1, 0.15) is 31.2 Å². The lowest BCUT2D eigenvalue weighted by molar-refractivity contribution is 0.614. The van der Waals surface area contributed by atoms with Crippen LogP contribution in [0.5, 0.6) is 0 Å². The Morgan fingerprint density at radius 2 is 2.00 bits per heavy atom. The SMILES string of the molecule is CCC(CCN)c1ccnc(Nc2ncc(-c3ccc(F)cc3)s2)c1. The number of thiazole rings is 1. The Kier molecular flexibility index (Phi) is 5.73. The molecule has 2 heterocycles. The van der Waals surface area contributed by atoms with E-state index in [1.54, 1.807) is 18.3 Å². The molecule has 3 aromatic rings. The van der Waals surface area contributed by atoms with Gasteiger partial charge in [-0.2, -0.15) is 0 Å². The summed E-state index contributed by atoms with van der Waals surface area (Å²) in [6, 6.07) is 10.5. The number of pyridine rings is 1. The molecule has 0 spiro atoms. The Hall–Kier alpha value is -2.31. The summed E-state index contributed by atoms with van der Waals surface area (Å²) in [5, 5.41) is 4.02. The van der Waals surface area contributed by atoms with Crippen molar-refractivity contribution in [3.8, 4) is 10.4 Å². The average molecular weight is 356 g/mol. The van der Waals surface area contributed by atoms with Crippen LogP contribution < -0.4 is 11.1 Å². The predicted molar refractivity (Wildman–Crippen MR) is 102 cm³/mol. The fraction of sp³-hybridized carbons (Fsp3) is 0.263. The van der Waals surface area contributed by atoms with Crippen LogP contribution in [-0.2, 0) is 0 Å². The van der Waals surface area contributed by atoms with Crippen molar-refractivity contribution in [2.24, 2.45) is 5.73 Å². The van der Waals surface area contributed by atoms with Gasteiger partial charge >= 0.3 is 0 Å². The molecule has 0 fully saturated rings. The molecular formula is C19H21FN4S. The zero-order valence-electron chi connectivity index (χ0n) is 14.1. The van der Waals surface area contributed by atoms with E-state index in [1.165, 1.54) is 29.0 Å². The molecule has 130 valence electrons. The standard InChI is InChI=1S/C19H21FN4S/c1-2-13(7-9-21)15-8-10-22-18(11-15)24-19-23-12-17(25-19)14-3-5-16(20)6-4-14/h3-6,8,10-13H,2,7,9,21H2,1H3,(H,22,23,24). The molecule has 4 nitrogen and oxygen atoms in total. The van der Waals surface area contributed by atoms with Crippen molar-refractivity contribution in [2.45, 2.75) is 25.7 Å². The van der Waals surface area contributed by atoms with Gasteiger partial charge in [0.05, 0.1) is 4.88 Å². The number of nitrogens with two attached hydrogens (primary N) is 1. The number of nitrogens with zero attached hydrogens (tertiary/aromatic N) is 2. The highest BCUT2D eigenvalue weighted by Gasteiger charge is 2.11. The number of nitrogens with one attached hydrogen (secondary N) is 1. The van der Waals surface area contributed by atoms with E-state index in [9.17, 15) is 4.39 Å². The monoisotopic (exact) mass is 356 g/mol. The van der Waals surface area contributed by atoms with E-state index in [-0.39, 0.29) is 5.82 Å². The molecular weight excluding hydrogens is 335 g/mol. The minimum Gasteiger partial charge on any atom is -0.330 e. The van der Waals surface area contributed by atoms with Gasteiger partial charge in [-0.05, 0) is 60.7 Å². The lowest BCUT2D eigenvalue weighted by atomic mass is 9.94. The van der Waals surface area contributed by atoms with Crippen molar-refractivity contribution in [1.29, 1.82) is 0 Å². The van der Waals surface area contributed by atoms with Crippen LogP contribution in [-0.4, -0.2) is 16.5 Å². The summed E-state index contributed by atoms with van der Waals surface area (Å²) in [6.07, 6.45) is 5.61. The zero-order valence-corrected chi connectivity index (χ0v) is 14.9. The highest BCUT2D eigenvalue weighted by molar-refractivity contribution is 7.18. The van der Waals surface area contributed by atoms with E-state index in [0.29, 0.717) is 12.5 Å². The number of hydrogen-bond donors (Lipinski definition) is 2. The van der Waals surface area contributed by atoms with Gasteiger partial charge in [-0.25, -0.2) is 14.4 Å². The van der Waals surface area contributed by atoms with Crippen LogP contribution in [0.4, 0.5) is 15.3 Å². The Labute approximate surface area is 151 Å². The van der Waals surface area contributed by atoms with Crippen molar-refractivity contribution in [1.82, 2.24) is 9.97 Å². The van der Waals surface area contributed by atoms with Gasteiger partial charge < -0.3 is 11.1 Å². The van der Waals surface area contributed by atoms with Crippen molar-refractivity contribution < 1.29 is 4.39 Å². The van der Waals surface area contributed by atoms with Crippen LogP contribution in [0, 0.1) is 5.82 Å². The van der Waals surface area contributed by atoms with Crippen molar-refractivity contribution in [3.63, 3.8) is 0 Å². The average Bonchev–Trinajstić information content (AvgIpc) is 3.09. The highest BCUT2D eigenvalue weighted by atomic mass is 32.1. The molecule has 0 saturated heterocycles. The minimum atomic E-state index is -0.240. The van der Waals surface area contributed by atoms with Gasteiger partial charge in [-0.3, -0.25) is 0 Å². The minimum absolute atomic E-state index is 0.240. The molecule has 0 aliphatic rings. The topological polar surface area (TPSA) is 63.8 Å². The molecule has 0 radical (unpaired) electrons. The van der Waals surface area contributed by atoms with E-state index in [0.717, 1.165) is 34.2 Å². The fourth-order valence-electron chi connectivity index (χ4n) is 2.77. The Bertz CT molecular complexity index is 816. The number of halogens is 1. The first-order valence-corrected chi connectivity index (χ1v) is 9.16. The molecule has 1 unspecified atom stereocenters. The highest BCUT2D eigenvalue weighted by Crippen LogP contribution is 2.31. The molecule has 0 aliphatic carbocycles. The van der Waals surface area contributed by atoms with E-state index < -0.39 is 0 Å². The third kappa shape index (κ3) is 4.41. The van der Waals surface area contributed by atoms with Gasteiger partial charge in [0.15, 0.2) is 5.13 Å². The van der Waals surface area contributed by atoms with Crippen molar-refractivity contribution >= 4 is 22.3 Å². The third-order valence-corrected chi connectivity index (χ3v) is 5.09. The van der Waals surface area contributed by atoms with E-state index >= 15 is 0 Å². The third-order valence-electron chi connectivity index (χ3n) is 4.13. The molecule has 3 N–H and O–H groups in total. The molecule has 1 aromatic carbocycles. The van der Waals surface area contributed by atoms with Gasteiger partial charge in [0.1, 0.15) is 11.6 Å². The summed E-state index contributed by atoms with van der Waals surface area (Å²) in [7, 11) is 0. The maximum Gasteiger partial charge on any atom is 0.188 e. The Balaban J connectivity index is 1.76. The normalized spacial score (nSPS) is 12.1. The van der Waals surface area contributed by atoms with Crippen LogP contribution in [0.15, 0.2) is 48.8 Å². The summed E-state index contributed by atoms with van der Waals surface area (Å²) in [5.41, 5.74) is 7.89. The number of hydrogen-bond acceptors (Lipinski definition) is 5. The fourth-order valence-corrected chi connectivity index (χ4v) is 3.59. The summed E-state index contributed by atoms with van der Waals surface area (Å²) < 4.78 is 13.0. The number of aromatic nitrogens is 2. The van der Waals surface area contributed by atoms with Crippen LogP contribution in [0.2, 0.25) is 0 Å². The second kappa shape index (κ2) is 8.18. The largest absolute Gasteiger partial charge is 0.330 e. The van der Waals surface area contributed by atoms with E-state index in [4.69, 9.17) is 5.73 Å². The maximum atomic E-state index is 13.0. The lowest BCUT2D eigenvalue weighted by Gasteiger charge is -2.14. The summed E-state index contributed by atoms with van der Waals surface area (Å²) in [5.74, 6) is 0.975. The van der Waals surface area contributed by atoms with Gasteiger partial charge in [0, 0.05) is 12.4 Å². The van der Waals surface area contributed by atoms with Crippen LogP contribution >= 0.6 is 11.3 Å². The second-order valence-electron chi connectivity index (χ2n) is 5.82. The van der Waals surface area contributed by atoms with Crippen molar-refractivity contribution in [2.75, 3.05) is 11.9 Å². The van der Waals surface area contributed by atoms with E-state index in [1.807, 2.05) is 12.3 Å². The quantitative estimate of drug-likeness (QED) is 0.630. The first kappa shape index (κ1) is 17.5. The zero-order chi connectivity index (χ0) is 17.6. The van der Waals surface area contributed by atoms with Gasteiger partial charge in [0.25, 0.3) is 0 Å². The van der Waals surface area contributed by atoms with Crippen LogP contribution in [0.25, 0.3) is 10.4 Å². The van der Waals surface area contributed by atoms with Gasteiger partial charge in [0.2, 0.25) is 0 Å². The molecule has 0 bridgehead atoms. The number of benzene rings is 1. The maximum absolute atomic E-state index is 13.0. The molecule has 3 rings (SSSR count). The summed E-state index contributed by atoms with van der Waals surface area (Å²) in [6.45, 7) is 2.85. The molecule has 0 saturated carbocycles. The van der Waals surface area contributed by atoms with Gasteiger partial charge in [-0.1, -0.05) is 30.4 Å². The predicted octanol–water partition coefficient (Wildman–Crippen LogP) is 4.93. The van der Waals surface area contributed by atoms with Gasteiger partial charge in [-0.15, -0.1) is 0 Å². The smallest absolute Gasteiger partial charge is 0.188 e. The summed E-state index contributed by atoms with van der Waals surface area (Å²) >= 11 is 1.51. The Morgan fingerprint density at radius 1 is 1.20 bits per heavy atom. The molecule has 1 atom stereocenters. The van der Waals surface area contributed by atoms with E-state index in [2.05, 4.69) is 28.3 Å². The van der Waals surface area contributed by atoms with Crippen LogP contribution in [0.3, 0.4) is 0 Å². The first-order chi connectivity index (χ1) is 12.2.